The van der Waals surface area contributed by atoms with Crippen LogP contribution in [-0.4, -0.2) is 38.9 Å². The first-order valence-corrected chi connectivity index (χ1v) is 8.32. The highest BCUT2D eigenvalue weighted by molar-refractivity contribution is 5.07. The van der Waals surface area contributed by atoms with E-state index in [9.17, 15) is 0 Å². The maximum atomic E-state index is 6.04. The van der Waals surface area contributed by atoms with Gasteiger partial charge in [0.2, 0.25) is 0 Å². The Bertz CT molecular complexity index is 600. The summed E-state index contributed by atoms with van der Waals surface area (Å²) in [5.41, 5.74) is 2.19. The first-order chi connectivity index (χ1) is 11.2. The molecule has 124 valence electrons. The van der Waals surface area contributed by atoms with Crippen LogP contribution in [-0.2, 0) is 18.2 Å². The Labute approximate surface area is 137 Å². The SMILES string of the molecule is CC(Cc1cnccn1)NC[C@@H]1CCCO[C@H]1c1ccnn1C. The predicted molar refractivity (Wildman–Crippen MR) is 87.8 cm³/mol. The van der Waals surface area contributed by atoms with Crippen molar-refractivity contribution in [2.45, 2.75) is 38.3 Å². The van der Waals surface area contributed by atoms with Gasteiger partial charge in [-0.05, 0) is 25.8 Å². The second kappa shape index (κ2) is 7.66. The smallest absolute Gasteiger partial charge is 0.103 e. The molecule has 0 amide bonds. The molecule has 1 unspecified atom stereocenters. The summed E-state index contributed by atoms with van der Waals surface area (Å²) >= 11 is 0. The summed E-state index contributed by atoms with van der Waals surface area (Å²) in [5, 5.41) is 7.91. The van der Waals surface area contributed by atoms with Crippen LogP contribution in [0.1, 0.15) is 37.3 Å². The fraction of sp³-hybridized carbons (Fsp3) is 0.588. The number of aryl methyl sites for hydroxylation is 1. The van der Waals surface area contributed by atoms with E-state index >= 15 is 0 Å². The zero-order valence-electron chi connectivity index (χ0n) is 13.9. The maximum absolute atomic E-state index is 6.04. The molecule has 1 N–H and O–H groups in total. The lowest BCUT2D eigenvalue weighted by atomic mass is 9.91. The molecule has 1 aliphatic rings. The van der Waals surface area contributed by atoms with Gasteiger partial charge in [-0.25, -0.2) is 0 Å². The van der Waals surface area contributed by atoms with Crippen molar-refractivity contribution in [1.82, 2.24) is 25.1 Å². The summed E-state index contributed by atoms with van der Waals surface area (Å²) < 4.78 is 7.97. The van der Waals surface area contributed by atoms with Crippen LogP contribution in [0.5, 0.6) is 0 Å². The minimum atomic E-state index is 0.132. The fourth-order valence-electron chi connectivity index (χ4n) is 3.22. The van der Waals surface area contributed by atoms with Crippen molar-refractivity contribution >= 4 is 0 Å². The molecule has 3 heterocycles. The third-order valence-electron chi connectivity index (χ3n) is 4.46. The number of hydrogen-bond donors (Lipinski definition) is 1. The van der Waals surface area contributed by atoms with Gasteiger partial charge in [-0.15, -0.1) is 0 Å². The molecule has 6 heteroatoms. The lowest BCUT2D eigenvalue weighted by Crippen LogP contribution is -2.37. The van der Waals surface area contributed by atoms with Crippen LogP contribution >= 0.6 is 0 Å². The van der Waals surface area contributed by atoms with Gasteiger partial charge in [-0.2, -0.15) is 5.10 Å². The molecule has 1 fully saturated rings. The monoisotopic (exact) mass is 315 g/mol. The lowest BCUT2D eigenvalue weighted by Gasteiger charge is -2.32. The summed E-state index contributed by atoms with van der Waals surface area (Å²) in [6, 6.07) is 2.42. The van der Waals surface area contributed by atoms with Gasteiger partial charge in [0.05, 0.1) is 11.4 Å². The first kappa shape index (κ1) is 16.1. The summed E-state index contributed by atoms with van der Waals surface area (Å²) in [6.45, 7) is 3.97. The second-order valence-electron chi connectivity index (χ2n) is 6.28. The molecule has 0 saturated carbocycles. The van der Waals surface area contributed by atoms with Gasteiger partial charge in [0.15, 0.2) is 0 Å². The van der Waals surface area contributed by atoms with Gasteiger partial charge < -0.3 is 10.1 Å². The van der Waals surface area contributed by atoms with Gasteiger partial charge in [0.1, 0.15) is 6.10 Å². The van der Waals surface area contributed by atoms with Gasteiger partial charge in [-0.3, -0.25) is 14.6 Å². The number of nitrogens with one attached hydrogen (secondary N) is 1. The molecule has 0 spiro atoms. The van der Waals surface area contributed by atoms with Crippen LogP contribution in [0.25, 0.3) is 0 Å². The highest BCUT2D eigenvalue weighted by Crippen LogP contribution is 2.32. The molecule has 2 aromatic heterocycles. The van der Waals surface area contributed by atoms with Crippen LogP contribution in [0.4, 0.5) is 0 Å². The van der Waals surface area contributed by atoms with E-state index in [1.807, 2.05) is 24.1 Å². The predicted octanol–water partition coefficient (Wildman–Crippen LogP) is 1.90. The lowest BCUT2D eigenvalue weighted by molar-refractivity contribution is -0.0328. The number of nitrogens with zero attached hydrogens (tertiary/aromatic N) is 4. The van der Waals surface area contributed by atoms with Crippen LogP contribution < -0.4 is 5.32 Å². The minimum Gasteiger partial charge on any atom is -0.372 e. The van der Waals surface area contributed by atoms with E-state index in [2.05, 4.69) is 33.4 Å². The Morgan fingerprint density at radius 1 is 1.39 bits per heavy atom. The van der Waals surface area contributed by atoms with Gasteiger partial charge in [0.25, 0.3) is 0 Å². The average molecular weight is 315 g/mol. The third-order valence-corrected chi connectivity index (χ3v) is 4.46. The van der Waals surface area contributed by atoms with Crippen molar-refractivity contribution in [3.05, 3.63) is 42.2 Å². The summed E-state index contributed by atoms with van der Waals surface area (Å²) in [4.78, 5) is 8.47. The van der Waals surface area contributed by atoms with E-state index in [1.54, 1.807) is 12.4 Å². The van der Waals surface area contributed by atoms with Gasteiger partial charge in [-0.1, -0.05) is 0 Å². The number of rotatable bonds is 6. The molecule has 0 aliphatic carbocycles. The van der Waals surface area contributed by atoms with Crippen LogP contribution in [0.3, 0.4) is 0 Å². The topological polar surface area (TPSA) is 64.9 Å². The van der Waals surface area contributed by atoms with Crippen molar-refractivity contribution < 1.29 is 4.74 Å². The normalized spacial score (nSPS) is 22.9. The highest BCUT2D eigenvalue weighted by Gasteiger charge is 2.29. The minimum absolute atomic E-state index is 0.132. The Balaban J connectivity index is 1.56. The van der Waals surface area contributed by atoms with E-state index in [0.717, 1.165) is 37.4 Å². The molecule has 1 saturated heterocycles. The van der Waals surface area contributed by atoms with E-state index in [-0.39, 0.29) is 6.10 Å². The van der Waals surface area contributed by atoms with Crippen molar-refractivity contribution in [3.63, 3.8) is 0 Å². The Kier molecular flexibility index (Phi) is 5.35. The molecule has 1 aliphatic heterocycles. The third kappa shape index (κ3) is 4.14. The Hall–Kier alpha value is -1.79. The van der Waals surface area contributed by atoms with E-state index in [0.29, 0.717) is 12.0 Å². The molecule has 3 rings (SSSR count). The second-order valence-corrected chi connectivity index (χ2v) is 6.28. The zero-order chi connectivity index (χ0) is 16.1. The number of ether oxygens (including phenoxy) is 1. The molecule has 23 heavy (non-hydrogen) atoms. The molecule has 2 aromatic rings. The molecule has 0 radical (unpaired) electrons. The molecular weight excluding hydrogens is 290 g/mol. The van der Waals surface area contributed by atoms with Crippen LogP contribution in [0.15, 0.2) is 30.9 Å². The zero-order valence-corrected chi connectivity index (χ0v) is 13.9. The average Bonchev–Trinajstić information content (AvgIpc) is 3.00. The Morgan fingerprint density at radius 3 is 3.04 bits per heavy atom. The molecule has 0 aromatic carbocycles. The summed E-state index contributed by atoms with van der Waals surface area (Å²) in [5.74, 6) is 0.475. The van der Waals surface area contributed by atoms with Crippen LogP contribution in [0, 0.1) is 5.92 Å². The molecule has 6 nitrogen and oxygen atoms in total. The summed E-state index contributed by atoms with van der Waals surface area (Å²) in [7, 11) is 1.98. The number of hydrogen-bond acceptors (Lipinski definition) is 5. The van der Waals surface area contributed by atoms with Crippen molar-refractivity contribution in [2.24, 2.45) is 13.0 Å². The van der Waals surface area contributed by atoms with Crippen molar-refractivity contribution in [2.75, 3.05) is 13.2 Å². The fourth-order valence-corrected chi connectivity index (χ4v) is 3.22. The van der Waals surface area contributed by atoms with E-state index in [4.69, 9.17) is 4.74 Å². The van der Waals surface area contributed by atoms with Gasteiger partial charge >= 0.3 is 0 Å². The number of aromatic nitrogens is 4. The largest absolute Gasteiger partial charge is 0.372 e. The molecule has 3 atom stereocenters. The van der Waals surface area contributed by atoms with Crippen molar-refractivity contribution in [3.8, 4) is 0 Å². The highest BCUT2D eigenvalue weighted by atomic mass is 16.5. The first-order valence-electron chi connectivity index (χ1n) is 8.32. The van der Waals surface area contributed by atoms with E-state index < -0.39 is 0 Å². The maximum Gasteiger partial charge on any atom is 0.103 e. The van der Waals surface area contributed by atoms with E-state index in [1.165, 1.54) is 6.42 Å². The van der Waals surface area contributed by atoms with Crippen LogP contribution in [0.2, 0.25) is 0 Å². The molecular formula is C17H25N5O. The standard InChI is InChI=1S/C17H25N5O/c1-13(10-15-12-18-7-8-19-15)20-11-14-4-3-9-23-17(14)16-5-6-21-22(16)2/h5-8,12-14,17,20H,3-4,9-11H2,1-2H3/t13?,14-,17+/m0/s1. The van der Waals surface area contributed by atoms with Crippen molar-refractivity contribution in [1.29, 1.82) is 0 Å². The molecule has 0 bridgehead atoms. The van der Waals surface area contributed by atoms with Gasteiger partial charge in [0, 0.05) is 63.4 Å². The quantitative estimate of drug-likeness (QED) is 0.882. The Morgan fingerprint density at radius 2 is 2.30 bits per heavy atom. The summed E-state index contributed by atoms with van der Waals surface area (Å²) in [6.07, 6.45) is 10.5.